The summed E-state index contributed by atoms with van der Waals surface area (Å²) in [5, 5.41) is -1.54. The molecule has 10 aromatic rings. The molecule has 0 amide bonds. The molecular weight excluding hydrogens is 593 g/mol. The molecule has 0 saturated carbocycles. The first kappa shape index (κ1) is 14.8. The van der Waals surface area contributed by atoms with Crippen molar-refractivity contribution in [2.45, 2.75) is 0 Å². The van der Waals surface area contributed by atoms with E-state index in [1.54, 1.807) is 24.3 Å². The van der Waals surface area contributed by atoms with Gasteiger partial charge in [0.25, 0.3) is 0 Å². The van der Waals surface area contributed by atoms with E-state index in [9.17, 15) is 11.0 Å². The second-order valence-electron chi connectivity index (χ2n) is 11.4. The summed E-state index contributed by atoms with van der Waals surface area (Å²) in [5.41, 5.74) is 0.440. The number of fused-ring (bicyclic) bond motifs is 6. The minimum absolute atomic E-state index is 0.139. The fraction of sp³-hybridized carbons (Fsp3) is 0. The Bertz CT molecular complexity index is 3850. The van der Waals surface area contributed by atoms with E-state index >= 15 is 0 Å². The van der Waals surface area contributed by atoms with Crippen LogP contribution in [0.4, 0.5) is 0 Å². The average Bonchev–Trinajstić information content (AvgIpc) is 3.72. The van der Waals surface area contributed by atoms with Gasteiger partial charge in [-0.25, -0.2) is 0 Å². The first-order valence-electron chi connectivity index (χ1n) is 24.8. The molecule has 0 fully saturated rings. The number of hydrogen-bond acceptors (Lipinski definition) is 1. The molecule has 0 unspecified atom stereocenters. The van der Waals surface area contributed by atoms with Crippen LogP contribution in [0.15, 0.2) is 186 Å². The van der Waals surface area contributed by atoms with Crippen LogP contribution in [0.3, 0.4) is 0 Å². The molecule has 0 bridgehead atoms. The van der Waals surface area contributed by atoms with E-state index in [4.69, 9.17) is 19.5 Å². The van der Waals surface area contributed by atoms with E-state index in [-0.39, 0.29) is 16.5 Å². The molecule has 1 heteroatoms. The Labute approximate surface area is 311 Å². The van der Waals surface area contributed by atoms with Crippen LogP contribution < -0.4 is 0 Å². The minimum Gasteiger partial charge on any atom is -0.456 e. The Morgan fingerprint density at radius 1 is 0.347 bits per heavy atom. The lowest BCUT2D eigenvalue weighted by Crippen LogP contribution is -1.92. The molecular formula is C48H30O. The van der Waals surface area contributed by atoms with Gasteiger partial charge in [-0.15, -0.1) is 0 Å². The highest BCUT2D eigenvalue weighted by atomic mass is 16.3. The lowest BCUT2D eigenvalue weighted by atomic mass is 9.84. The molecule has 49 heavy (non-hydrogen) atoms. The second kappa shape index (κ2) is 11.1. The molecule has 1 heterocycles. The Morgan fingerprint density at radius 2 is 0.939 bits per heavy atom. The van der Waals surface area contributed by atoms with Gasteiger partial charge in [-0.1, -0.05) is 163 Å². The largest absolute Gasteiger partial charge is 0.456 e. The molecule has 0 aliphatic rings. The van der Waals surface area contributed by atoms with E-state index < -0.39 is 164 Å². The van der Waals surface area contributed by atoms with Crippen molar-refractivity contribution in [3.63, 3.8) is 0 Å². The lowest BCUT2D eigenvalue weighted by Gasteiger charge is -2.19. The van der Waals surface area contributed by atoms with Gasteiger partial charge < -0.3 is 4.42 Å². The number of hydrogen-bond donors (Lipinski definition) is 0. The van der Waals surface area contributed by atoms with E-state index in [1.807, 2.05) is 42.5 Å². The maximum absolute atomic E-state index is 9.85. The molecule has 0 N–H and O–H groups in total. The molecule has 0 atom stereocenters. The van der Waals surface area contributed by atoms with Gasteiger partial charge in [0.2, 0.25) is 0 Å². The molecule has 0 saturated heterocycles. The summed E-state index contributed by atoms with van der Waals surface area (Å²) < 4.78 is 179. The highest BCUT2D eigenvalue weighted by molar-refractivity contribution is 6.24. The summed E-state index contributed by atoms with van der Waals surface area (Å²) >= 11 is 0. The molecule has 0 aliphatic heterocycles. The zero-order chi connectivity index (χ0) is 48.8. The van der Waals surface area contributed by atoms with Gasteiger partial charge in [-0.05, 0) is 95.0 Å². The predicted octanol–water partition coefficient (Wildman–Crippen LogP) is 13.7. The smallest absolute Gasteiger partial charge is 0.136 e. The fourth-order valence-corrected chi connectivity index (χ4v) is 6.68. The minimum atomic E-state index is -0.869. The normalized spacial score (nSPS) is 17.1. The average molecular weight is 642 g/mol. The zero-order valence-electron chi connectivity index (χ0n) is 44.3. The fourth-order valence-electron chi connectivity index (χ4n) is 6.68. The molecule has 10 rings (SSSR count). The van der Waals surface area contributed by atoms with Crippen molar-refractivity contribution in [2.24, 2.45) is 0 Å². The second-order valence-corrected chi connectivity index (χ2v) is 11.4. The van der Waals surface area contributed by atoms with Crippen molar-refractivity contribution in [3.8, 4) is 44.5 Å². The zero-order valence-corrected chi connectivity index (χ0v) is 25.3. The highest BCUT2D eigenvalue weighted by Crippen LogP contribution is 2.47. The Morgan fingerprint density at radius 3 is 1.63 bits per heavy atom. The Kier molecular flexibility index (Phi) is 3.34. The van der Waals surface area contributed by atoms with Gasteiger partial charge in [0.05, 0.1) is 26.0 Å². The van der Waals surface area contributed by atoms with E-state index in [0.717, 1.165) is 16.5 Å². The van der Waals surface area contributed by atoms with Gasteiger partial charge in [0, 0.05) is 10.8 Å². The van der Waals surface area contributed by atoms with Crippen LogP contribution in [0.2, 0.25) is 0 Å². The Hall–Kier alpha value is -6.44. The van der Waals surface area contributed by atoms with E-state index in [0.29, 0.717) is 16.6 Å². The van der Waals surface area contributed by atoms with Gasteiger partial charge in [0.15, 0.2) is 0 Å². The topological polar surface area (TPSA) is 13.1 Å². The predicted molar refractivity (Wildman–Crippen MR) is 208 cm³/mol. The van der Waals surface area contributed by atoms with Crippen molar-refractivity contribution in [3.05, 3.63) is 182 Å². The number of furan rings is 1. The van der Waals surface area contributed by atoms with Gasteiger partial charge in [-0.3, -0.25) is 0 Å². The van der Waals surface area contributed by atoms with Crippen LogP contribution in [0.5, 0.6) is 0 Å². The van der Waals surface area contributed by atoms with Crippen LogP contribution in [0.25, 0.3) is 98.8 Å². The van der Waals surface area contributed by atoms with Crippen LogP contribution in [-0.4, -0.2) is 0 Å². The van der Waals surface area contributed by atoms with E-state index in [2.05, 4.69) is 0 Å². The van der Waals surface area contributed by atoms with Crippen molar-refractivity contribution in [2.75, 3.05) is 0 Å². The third-order valence-electron chi connectivity index (χ3n) is 8.75. The van der Waals surface area contributed by atoms with Crippen molar-refractivity contribution in [1.29, 1.82) is 0 Å². The number of rotatable bonds is 4. The van der Waals surface area contributed by atoms with Crippen molar-refractivity contribution in [1.82, 2.24) is 0 Å². The van der Waals surface area contributed by atoms with Gasteiger partial charge in [-0.2, -0.15) is 0 Å². The summed E-state index contributed by atoms with van der Waals surface area (Å²) in [7, 11) is 0. The monoisotopic (exact) mass is 641 g/mol. The third-order valence-corrected chi connectivity index (χ3v) is 8.75. The Balaban J connectivity index is 1.43. The highest BCUT2D eigenvalue weighted by Gasteiger charge is 2.19. The number of benzene rings is 9. The summed E-state index contributed by atoms with van der Waals surface area (Å²) in [6, 6.07) is 4.73. The maximum Gasteiger partial charge on any atom is 0.136 e. The van der Waals surface area contributed by atoms with Crippen LogP contribution in [0, 0.1) is 0 Å². The summed E-state index contributed by atoms with van der Waals surface area (Å²) in [4.78, 5) is 0. The first-order valence-corrected chi connectivity index (χ1v) is 15.3. The molecule has 228 valence electrons. The molecule has 1 nitrogen and oxygen atoms in total. The van der Waals surface area contributed by atoms with Crippen LogP contribution in [0.1, 0.15) is 26.0 Å². The van der Waals surface area contributed by atoms with Gasteiger partial charge in [0.1, 0.15) is 11.2 Å². The summed E-state index contributed by atoms with van der Waals surface area (Å²) in [6.45, 7) is 0. The van der Waals surface area contributed by atoms with Crippen LogP contribution >= 0.6 is 0 Å². The summed E-state index contributed by atoms with van der Waals surface area (Å²) in [5.74, 6) is 0. The SMILES string of the molecule is [2H]c1c([2H])c([2H])c(-c2c3c([2H])c([2H])c([2H])c([2H])c3c(-c3c([2H])c([2H])c(-c4ccc5c(c4)oc4cccc(-c6ccccc6)c45)c4c([2H])c([2H])c([2H])c([2H])c34)c3c([2H])c([2H])c([2H])c([2H])c23)c([2H])c1[2H]. The molecule has 1 aromatic heterocycles. The standard InChI is InChI=1S/C48H30O/c1-3-14-31(15-4-1)35-24-13-25-44-48(35)43-27-26-33(30-45(43)49-44)34-28-29-42(37-19-8-7-18-36(34)37)47-40-22-11-9-20-38(40)46(32-16-5-2-6-17-32)39-21-10-12-23-41(39)47/h1-30H/i2D,5D,6D,7D,8D,9D,10D,11D,12D,16D,17D,18D,19D,20D,21D,22D,23D,28D,29D. The van der Waals surface area contributed by atoms with Gasteiger partial charge >= 0.3 is 0 Å². The first-order chi connectivity index (χ1) is 32.2. The molecule has 0 aliphatic carbocycles. The molecule has 9 aromatic carbocycles. The molecule has 0 radical (unpaired) electrons. The molecule has 0 spiro atoms. The summed E-state index contributed by atoms with van der Waals surface area (Å²) in [6.07, 6.45) is 0. The maximum atomic E-state index is 9.85. The quantitative estimate of drug-likeness (QED) is 0.174. The van der Waals surface area contributed by atoms with Crippen molar-refractivity contribution >= 4 is 54.3 Å². The lowest BCUT2D eigenvalue weighted by molar-refractivity contribution is 0.669. The third kappa shape index (κ3) is 4.33. The van der Waals surface area contributed by atoms with Crippen LogP contribution in [-0.2, 0) is 0 Å². The van der Waals surface area contributed by atoms with E-state index in [1.165, 1.54) is 0 Å². The van der Waals surface area contributed by atoms with Crippen molar-refractivity contribution < 1.29 is 30.5 Å².